The number of nitrogen functional groups attached to an aromatic ring is 1. The van der Waals surface area contributed by atoms with Gasteiger partial charge in [-0.25, -0.2) is 0 Å². The number of rotatable bonds is 4. The molecule has 0 saturated carbocycles. The van der Waals surface area contributed by atoms with Crippen molar-refractivity contribution in [1.82, 2.24) is 4.90 Å². The second-order valence-corrected chi connectivity index (χ2v) is 8.63. The summed E-state index contributed by atoms with van der Waals surface area (Å²) in [5.41, 5.74) is 16.8. The van der Waals surface area contributed by atoms with Gasteiger partial charge < -0.3 is 10.6 Å². The summed E-state index contributed by atoms with van der Waals surface area (Å²) in [5.74, 6) is 0. The number of nitrogens with zero attached hydrogens (tertiary/aromatic N) is 1. The Balaban J connectivity index is 1.33. The van der Waals surface area contributed by atoms with Crippen LogP contribution in [0.1, 0.15) is 47.1 Å². The van der Waals surface area contributed by atoms with Gasteiger partial charge in [-0.05, 0) is 71.7 Å². The van der Waals surface area contributed by atoms with Gasteiger partial charge in [-0.2, -0.15) is 0 Å². The van der Waals surface area contributed by atoms with Crippen LogP contribution in [0.25, 0.3) is 17.7 Å². The number of hydrogen-bond donors (Lipinski definition) is 1. The number of fused-ring (bicyclic) bond motifs is 2. The van der Waals surface area contributed by atoms with E-state index in [-0.39, 0.29) is 0 Å². The van der Waals surface area contributed by atoms with Gasteiger partial charge >= 0.3 is 0 Å². The quantitative estimate of drug-likeness (QED) is 0.404. The summed E-state index contributed by atoms with van der Waals surface area (Å²) in [6.07, 6.45) is 9.05. The predicted molar refractivity (Wildman–Crippen MR) is 133 cm³/mol. The summed E-state index contributed by atoms with van der Waals surface area (Å²) in [7, 11) is 0. The summed E-state index contributed by atoms with van der Waals surface area (Å²) in [4.78, 5) is 2.62. The Morgan fingerprint density at radius 2 is 1.29 bits per heavy atom. The fourth-order valence-electron chi connectivity index (χ4n) is 5.00. The van der Waals surface area contributed by atoms with E-state index in [1.807, 2.05) is 12.1 Å². The van der Waals surface area contributed by atoms with Gasteiger partial charge in [0.15, 0.2) is 0 Å². The third kappa shape index (κ3) is 4.22. The van der Waals surface area contributed by atoms with Crippen molar-refractivity contribution in [2.24, 2.45) is 0 Å². The van der Waals surface area contributed by atoms with Gasteiger partial charge in [0.2, 0.25) is 0 Å². The fourth-order valence-corrected chi connectivity index (χ4v) is 5.00. The van der Waals surface area contributed by atoms with Crippen LogP contribution >= 0.6 is 0 Å². The lowest BCUT2D eigenvalue weighted by Gasteiger charge is -2.30. The lowest BCUT2D eigenvalue weighted by atomic mass is 9.86. The molecule has 1 heterocycles. The molecule has 156 valence electrons. The van der Waals surface area contributed by atoms with E-state index >= 15 is 0 Å². The van der Waals surface area contributed by atoms with Crippen LogP contribution in [0.2, 0.25) is 0 Å². The maximum atomic E-state index is 6.11. The highest BCUT2D eigenvalue weighted by molar-refractivity contribution is 5.94. The largest absolute Gasteiger partial charge is 0.399 e. The minimum Gasteiger partial charge on any atom is -0.399 e. The highest BCUT2D eigenvalue weighted by Crippen LogP contribution is 2.38. The molecule has 31 heavy (non-hydrogen) atoms. The number of piperidine rings is 1. The summed E-state index contributed by atoms with van der Waals surface area (Å²) in [6.45, 7) is 3.42. The van der Waals surface area contributed by atoms with Crippen LogP contribution in [-0.2, 0) is 6.42 Å². The van der Waals surface area contributed by atoms with E-state index in [0.717, 1.165) is 51.0 Å². The van der Waals surface area contributed by atoms with E-state index in [0.29, 0.717) is 0 Å². The molecule has 0 amide bonds. The highest BCUT2D eigenvalue weighted by atomic mass is 15.1. The first-order chi connectivity index (χ1) is 15.3. The molecular weight excluding hydrogens is 376 g/mol. The first-order valence-electron chi connectivity index (χ1n) is 11.4. The molecule has 1 fully saturated rings. The zero-order valence-electron chi connectivity index (χ0n) is 18.1. The maximum absolute atomic E-state index is 6.11. The molecule has 0 radical (unpaired) electrons. The van der Waals surface area contributed by atoms with E-state index in [4.69, 9.17) is 5.73 Å². The van der Waals surface area contributed by atoms with Crippen LogP contribution in [0.15, 0.2) is 78.4 Å². The van der Waals surface area contributed by atoms with Gasteiger partial charge in [0, 0.05) is 18.8 Å². The number of hydrogen-bond acceptors (Lipinski definition) is 2. The number of nitrogens with two attached hydrogens (primary N) is 1. The number of anilines is 1. The third-order valence-electron chi connectivity index (χ3n) is 6.69. The zero-order valence-corrected chi connectivity index (χ0v) is 18.1. The number of likely N-dealkylation sites (tertiary alicyclic amines) is 1. The van der Waals surface area contributed by atoms with Crippen LogP contribution in [0.4, 0.5) is 5.69 Å². The van der Waals surface area contributed by atoms with Gasteiger partial charge in [0.1, 0.15) is 0 Å². The molecule has 0 unspecified atom stereocenters. The Bertz CT molecular complexity index is 1080. The van der Waals surface area contributed by atoms with Crippen LogP contribution in [0.3, 0.4) is 0 Å². The number of para-hydroxylation sites is 1. The maximum Gasteiger partial charge on any atom is 0.0346 e. The Kier molecular flexibility index (Phi) is 5.73. The molecule has 2 aliphatic rings. The highest BCUT2D eigenvalue weighted by Gasteiger charge is 2.22. The Hall–Kier alpha value is -3.10. The molecule has 2 N–H and O–H groups in total. The minimum absolute atomic E-state index is 0.924. The summed E-state index contributed by atoms with van der Waals surface area (Å²) in [5, 5.41) is 0. The Morgan fingerprint density at radius 3 is 1.94 bits per heavy atom. The molecule has 3 aromatic rings. The van der Waals surface area contributed by atoms with Gasteiger partial charge in [-0.3, -0.25) is 0 Å². The Morgan fingerprint density at radius 1 is 0.710 bits per heavy atom. The standard InChI is InChI=1S/C29H30N2/c30-28-14-6-3-10-24(28)11-7-19-31-20-17-25(18-21-31)29-26-12-4-1-8-22(26)15-16-23-9-2-5-13-27(23)29/h1-6,8-10,12-16H,7,11,17-21,30H2. The molecule has 0 atom stereocenters. The molecule has 3 aromatic carbocycles. The monoisotopic (exact) mass is 406 g/mol. The minimum atomic E-state index is 0.924. The molecule has 1 saturated heterocycles. The van der Waals surface area contributed by atoms with Crippen LogP contribution in [0.5, 0.6) is 0 Å². The summed E-state index contributed by atoms with van der Waals surface area (Å²) < 4.78 is 0. The molecule has 1 aliphatic carbocycles. The molecule has 0 bridgehead atoms. The van der Waals surface area contributed by atoms with Crippen LogP contribution in [-0.4, -0.2) is 24.5 Å². The van der Waals surface area contributed by atoms with Crippen molar-refractivity contribution >= 4 is 23.4 Å². The van der Waals surface area contributed by atoms with Crippen LogP contribution < -0.4 is 5.73 Å². The summed E-state index contributed by atoms with van der Waals surface area (Å²) >= 11 is 0. The lowest BCUT2D eigenvalue weighted by Crippen LogP contribution is -2.32. The van der Waals surface area contributed by atoms with Crippen molar-refractivity contribution in [3.63, 3.8) is 0 Å². The second-order valence-electron chi connectivity index (χ2n) is 8.63. The fraction of sp³-hybridized carbons (Fsp3) is 0.241. The SMILES string of the molecule is Nc1ccccc1CCCN1CCC(=C2c3ccccc3C=Cc3ccccc32)CC1. The van der Waals surface area contributed by atoms with Gasteiger partial charge in [0.25, 0.3) is 0 Å². The third-order valence-corrected chi connectivity index (χ3v) is 6.69. The molecule has 0 aromatic heterocycles. The molecule has 2 nitrogen and oxygen atoms in total. The van der Waals surface area contributed by atoms with E-state index in [9.17, 15) is 0 Å². The zero-order chi connectivity index (χ0) is 21.0. The van der Waals surface area contributed by atoms with E-state index in [1.54, 1.807) is 5.57 Å². The molecule has 5 rings (SSSR count). The van der Waals surface area contributed by atoms with Gasteiger partial charge in [0.05, 0.1) is 0 Å². The first-order valence-corrected chi connectivity index (χ1v) is 11.4. The predicted octanol–water partition coefficient (Wildman–Crippen LogP) is 6.28. The van der Waals surface area contributed by atoms with Crippen molar-refractivity contribution in [1.29, 1.82) is 0 Å². The lowest BCUT2D eigenvalue weighted by molar-refractivity contribution is 0.254. The summed E-state index contributed by atoms with van der Waals surface area (Å²) in [6, 6.07) is 26.0. The molecule has 2 heteroatoms. The van der Waals surface area contributed by atoms with Crippen molar-refractivity contribution < 1.29 is 0 Å². The average molecular weight is 407 g/mol. The van der Waals surface area contributed by atoms with E-state index in [2.05, 4.69) is 77.7 Å². The second kappa shape index (κ2) is 8.95. The van der Waals surface area contributed by atoms with Crippen molar-refractivity contribution in [2.45, 2.75) is 25.7 Å². The molecule has 0 spiro atoms. The normalized spacial score (nSPS) is 16.0. The van der Waals surface area contributed by atoms with Gasteiger partial charge in [-0.15, -0.1) is 0 Å². The van der Waals surface area contributed by atoms with E-state index in [1.165, 1.54) is 33.4 Å². The Labute approximate surface area is 185 Å². The van der Waals surface area contributed by atoms with Crippen molar-refractivity contribution in [3.05, 3.63) is 106 Å². The first kappa shape index (κ1) is 19.8. The van der Waals surface area contributed by atoms with Crippen LogP contribution in [0, 0.1) is 0 Å². The van der Waals surface area contributed by atoms with Crippen molar-refractivity contribution in [2.75, 3.05) is 25.4 Å². The molecular formula is C29H30N2. The smallest absolute Gasteiger partial charge is 0.0346 e. The number of aryl methyl sites for hydroxylation is 1. The number of benzene rings is 3. The van der Waals surface area contributed by atoms with Crippen molar-refractivity contribution in [3.8, 4) is 0 Å². The van der Waals surface area contributed by atoms with Gasteiger partial charge in [-0.1, -0.05) is 84.5 Å². The molecule has 1 aliphatic heterocycles. The van der Waals surface area contributed by atoms with E-state index < -0.39 is 0 Å². The average Bonchev–Trinajstić information content (AvgIpc) is 2.98. The topological polar surface area (TPSA) is 29.3 Å².